The highest BCUT2D eigenvalue weighted by Crippen LogP contribution is 2.24. The first kappa shape index (κ1) is 21.1. The van der Waals surface area contributed by atoms with Gasteiger partial charge in [-0.15, -0.1) is 4.68 Å². The Morgan fingerprint density at radius 1 is 1.17 bits per heavy atom. The Labute approximate surface area is 172 Å². The minimum absolute atomic E-state index is 0.0340. The van der Waals surface area contributed by atoms with E-state index in [1.165, 1.54) is 18.2 Å². The molecule has 30 heavy (non-hydrogen) atoms. The molecular formula is C18H14ClF2N5O4. The first-order valence-corrected chi connectivity index (χ1v) is 8.98. The molecule has 3 aromatic rings. The Morgan fingerprint density at radius 2 is 1.83 bits per heavy atom. The van der Waals surface area contributed by atoms with Crippen molar-refractivity contribution in [3.63, 3.8) is 0 Å². The molecule has 12 heteroatoms. The number of rotatable bonds is 5. The largest absolute Gasteiger partial charge is 0.478 e. The lowest BCUT2D eigenvalue weighted by molar-refractivity contribution is 0.0697. The Balaban J connectivity index is 2.06. The molecule has 1 N–H and O–H groups in total. The van der Waals surface area contributed by atoms with Crippen LogP contribution in [0.15, 0.2) is 41.2 Å². The number of amides is 1. The van der Waals surface area contributed by atoms with E-state index >= 15 is 0 Å². The molecule has 1 heterocycles. The van der Waals surface area contributed by atoms with Gasteiger partial charge in [0.25, 0.3) is 0 Å². The fraction of sp³-hybridized carbons (Fsp3) is 0.167. The Bertz CT molecular complexity index is 1170. The summed E-state index contributed by atoms with van der Waals surface area (Å²) in [5, 5.41) is 16.0. The molecule has 2 aromatic carbocycles. The minimum atomic E-state index is -1.30. The van der Waals surface area contributed by atoms with Gasteiger partial charge in [-0.05, 0) is 47.2 Å². The van der Waals surface area contributed by atoms with Crippen LogP contribution in [0.1, 0.15) is 23.7 Å². The number of benzene rings is 2. The molecule has 1 amide bonds. The molecule has 9 nitrogen and oxygen atoms in total. The van der Waals surface area contributed by atoms with Gasteiger partial charge in [-0.3, -0.25) is 4.90 Å². The highest BCUT2D eigenvalue weighted by Gasteiger charge is 2.25. The van der Waals surface area contributed by atoms with Crippen LogP contribution in [0.2, 0.25) is 5.02 Å². The number of hydrogen-bond donors (Lipinski definition) is 1. The maximum absolute atomic E-state index is 14.0. The molecule has 0 saturated carbocycles. The Hall–Kier alpha value is -3.60. The molecule has 0 bridgehead atoms. The molecule has 0 radical (unpaired) electrons. The van der Waals surface area contributed by atoms with Crippen LogP contribution in [-0.4, -0.2) is 43.4 Å². The van der Waals surface area contributed by atoms with Crippen molar-refractivity contribution in [1.29, 1.82) is 0 Å². The molecule has 0 atom stereocenters. The fourth-order valence-corrected chi connectivity index (χ4v) is 2.91. The van der Waals surface area contributed by atoms with Gasteiger partial charge in [0.1, 0.15) is 5.69 Å². The summed E-state index contributed by atoms with van der Waals surface area (Å²) in [6.45, 7) is 1.84. The summed E-state index contributed by atoms with van der Waals surface area (Å²) in [7, 11) is 0. The molecule has 0 saturated heterocycles. The molecule has 1 aromatic heterocycles. The second kappa shape index (κ2) is 8.41. The number of carboxylic acids is 1. The Morgan fingerprint density at radius 3 is 2.43 bits per heavy atom. The highest BCUT2D eigenvalue weighted by atomic mass is 35.5. The van der Waals surface area contributed by atoms with Gasteiger partial charge in [-0.25, -0.2) is 23.2 Å². The zero-order valence-electron chi connectivity index (χ0n) is 15.4. The highest BCUT2D eigenvalue weighted by molar-refractivity contribution is 6.33. The van der Waals surface area contributed by atoms with E-state index in [9.17, 15) is 28.3 Å². The van der Waals surface area contributed by atoms with Gasteiger partial charge in [0.2, 0.25) is 0 Å². The second-order valence-electron chi connectivity index (χ2n) is 6.06. The zero-order valence-corrected chi connectivity index (χ0v) is 16.2. The third kappa shape index (κ3) is 3.79. The lowest BCUT2D eigenvalue weighted by atomic mass is 10.2. The lowest BCUT2D eigenvalue weighted by Gasteiger charge is -2.21. The van der Waals surface area contributed by atoms with E-state index in [2.05, 4.69) is 10.4 Å². The van der Waals surface area contributed by atoms with E-state index in [1.807, 2.05) is 0 Å². The SMILES string of the molecule is CCCN(C(=O)n1nnn(-c2c(F)cccc2F)c1=O)c1ccc(Cl)c(C(=O)O)c1. The number of tetrazole rings is 1. The number of carbonyl (C=O) groups excluding carboxylic acids is 1. The Kier molecular flexibility index (Phi) is 5.92. The van der Waals surface area contributed by atoms with Crippen LogP contribution in [-0.2, 0) is 0 Å². The van der Waals surface area contributed by atoms with Gasteiger partial charge in [0.15, 0.2) is 11.6 Å². The van der Waals surface area contributed by atoms with E-state index in [-0.39, 0.29) is 22.8 Å². The van der Waals surface area contributed by atoms with Crippen LogP contribution in [0, 0.1) is 11.6 Å². The molecule has 156 valence electrons. The van der Waals surface area contributed by atoms with Crippen molar-refractivity contribution in [3.8, 4) is 5.69 Å². The van der Waals surface area contributed by atoms with Crippen molar-refractivity contribution in [2.24, 2.45) is 0 Å². The number of nitrogens with zero attached hydrogens (tertiary/aromatic N) is 5. The number of aromatic nitrogens is 4. The van der Waals surface area contributed by atoms with Gasteiger partial charge in [0, 0.05) is 12.2 Å². The van der Waals surface area contributed by atoms with Gasteiger partial charge < -0.3 is 5.11 Å². The van der Waals surface area contributed by atoms with E-state index in [0.717, 1.165) is 23.1 Å². The van der Waals surface area contributed by atoms with Crippen molar-refractivity contribution < 1.29 is 23.5 Å². The third-order valence-electron chi connectivity index (χ3n) is 4.08. The van der Waals surface area contributed by atoms with Crippen molar-refractivity contribution in [1.82, 2.24) is 19.8 Å². The fourth-order valence-electron chi connectivity index (χ4n) is 2.72. The standard InChI is InChI=1S/C18H14ClF2N5O4/c1-2-8-24(10-6-7-12(19)11(9-10)16(27)28)17(29)26-18(30)25(22-23-26)15-13(20)4-3-5-14(15)21/h3-7,9H,2,8H2,1H3,(H,27,28). The average Bonchev–Trinajstić information content (AvgIpc) is 3.07. The predicted molar refractivity (Wildman–Crippen MR) is 102 cm³/mol. The van der Waals surface area contributed by atoms with E-state index < -0.39 is 35.0 Å². The molecule has 0 aliphatic heterocycles. The first-order chi connectivity index (χ1) is 14.3. The van der Waals surface area contributed by atoms with E-state index in [1.54, 1.807) is 6.92 Å². The van der Waals surface area contributed by atoms with E-state index in [4.69, 9.17) is 11.6 Å². The quantitative estimate of drug-likeness (QED) is 0.614. The van der Waals surface area contributed by atoms with Gasteiger partial charge in [0.05, 0.1) is 10.6 Å². The summed E-state index contributed by atoms with van der Waals surface area (Å²) in [6.07, 6.45) is 0.446. The molecule has 3 rings (SSSR count). The summed E-state index contributed by atoms with van der Waals surface area (Å²) < 4.78 is 28.6. The molecule has 0 aliphatic carbocycles. The maximum atomic E-state index is 14.0. The number of carbonyl (C=O) groups is 2. The molecule has 0 unspecified atom stereocenters. The average molecular weight is 438 g/mol. The topological polar surface area (TPSA) is 110 Å². The van der Waals surface area contributed by atoms with Crippen molar-refractivity contribution in [2.75, 3.05) is 11.4 Å². The van der Waals surface area contributed by atoms with Crippen LogP contribution >= 0.6 is 11.6 Å². The van der Waals surface area contributed by atoms with Gasteiger partial charge in [-0.1, -0.05) is 24.6 Å². The van der Waals surface area contributed by atoms with Crippen LogP contribution < -0.4 is 10.6 Å². The molecule has 0 fully saturated rings. The van der Waals surface area contributed by atoms with Crippen LogP contribution in [0.4, 0.5) is 19.3 Å². The normalized spacial score (nSPS) is 10.8. The van der Waals surface area contributed by atoms with Crippen molar-refractivity contribution in [3.05, 3.63) is 69.1 Å². The summed E-state index contributed by atoms with van der Waals surface area (Å²) in [5.41, 5.74) is -2.07. The zero-order chi connectivity index (χ0) is 22.0. The summed E-state index contributed by atoms with van der Waals surface area (Å²) in [4.78, 5) is 37.9. The number of halogens is 3. The molecular weight excluding hydrogens is 424 g/mol. The lowest BCUT2D eigenvalue weighted by Crippen LogP contribution is -2.41. The van der Waals surface area contributed by atoms with Gasteiger partial charge >= 0.3 is 17.7 Å². The van der Waals surface area contributed by atoms with Crippen molar-refractivity contribution >= 4 is 29.3 Å². The molecule has 0 spiro atoms. The monoisotopic (exact) mass is 437 g/mol. The maximum Gasteiger partial charge on any atom is 0.377 e. The second-order valence-corrected chi connectivity index (χ2v) is 6.47. The summed E-state index contributed by atoms with van der Waals surface area (Å²) in [5.74, 6) is -3.43. The number of anilines is 1. The number of hydrogen-bond acceptors (Lipinski definition) is 5. The van der Waals surface area contributed by atoms with Crippen LogP contribution in [0.3, 0.4) is 0 Å². The first-order valence-electron chi connectivity index (χ1n) is 8.60. The molecule has 0 aliphatic rings. The summed E-state index contributed by atoms with van der Waals surface area (Å²) >= 11 is 5.86. The number of aromatic carboxylic acids is 1. The van der Waals surface area contributed by atoms with Crippen molar-refractivity contribution in [2.45, 2.75) is 13.3 Å². The van der Waals surface area contributed by atoms with Crippen LogP contribution in [0.5, 0.6) is 0 Å². The summed E-state index contributed by atoms with van der Waals surface area (Å²) in [6, 6.07) is 5.84. The predicted octanol–water partition coefficient (Wildman–Crippen LogP) is 2.94. The third-order valence-corrected chi connectivity index (χ3v) is 4.41. The smallest absolute Gasteiger partial charge is 0.377 e. The minimum Gasteiger partial charge on any atom is -0.478 e. The number of carboxylic acid groups (broad SMARTS) is 1. The van der Waals surface area contributed by atoms with E-state index in [0.29, 0.717) is 15.8 Å². The van der Waals surface area contributed by atoms with Crippen LogP contribution in [0.25, 0.3) is 5.69 Å². The van der Waals surface area contributed by atoms with Gasteiger partial charge in [-0.2, -0.15) is 4.68 Å². The number of para-hydroxylation sites is 1.